The van der Waals surface area contributed by atoms with E-state index >= 15 is 0 Å². The molecule has 2 amide bonds. The van der Waals surface area contributed by atoms with Crippen molar-refractivity contribution in [1.29, 1.82) is 0 Å². The first-order valence-electron chi connectivity index (χ1n) is 9.06. The van der Waals surface area contributed by atoms with Crippen LogP contribution in [0.3, 0.4) is 0 Å². The Balaban J connectivity index is 1.85. The van der Waals surface area contributed by atoms with Crippen LogP contribution in [0.15, 0.2) is 42.6 Å². The molecule has 0 unspecified atom stereocenters. The summed E-state index contributed by atoms with van der Waals surface area (Å²) in [7, 11) is 1.72. The van der Waals surface area contributed by atoms with Gasteiger partial charge >= 0.3 is 0 Å². The third-order valence-electron chi connectivity index (χ3n) is 5.33. The number of aromatic nitrogens is 1. The SMILES string of the molecule is CC(=O)N(C)c1c2c(c(C)c3ncccc13)C(=O)N(Cc1ccc(F)cc1)C2. The minimum absolute atomic E-state index is 0.0948. The van der Waals surface area contributed by atoms with Gasteiger partial charge < -0.3 is 9.80 Å². The number of carbonyl (C=O) groups is 2. The molecule has 6 heteroatoms. The first-order chi connectivity index (χ1) is 13.4. The van der Waals surface area contributed by atoms with Gasteiger partial charge in [-0.15, -0.1) is 0 Å². The van der Waals surface area contributed by atoms with E-state index in [9.17, 15) is 14.0 Å². The summed E-state index contributed by atoms with van der Waals surface area (Å²) >= 11 is 0. The fraction of sp³-hybridized carbons (Fsp3) is 0.227. The Morgan fingerprint density at radius 3 is 2.64 bits per heavy atom. The van der Waals surface area contributed by atoms with Crippen LogP contribution in [0.1, 0.15) is 34.0 Å². The predicted octanol–water partition coefficient (Wildman–Crippen LogP) is 3.82. The van der Waals surface area contributed by atoms with E-state index in [0.717, 1.165) is 33.3 Å². The van der Waals surface area contributed by atoms with Crippen molar-refractivity contribution in [2.45, 2.75) is 26.9 Å². The highest BCUT2D eigenvalue weighted by atomic mass is 19.1. The van der Waals surface area contributed by atoms with Gasteiger partial charge in [0.05, 0.1) is 16.8 Å². The summed E-state index contributed by atoms with van der Waals surface area (Å²) in [6.07, 6.45) is 1.69. The lowest BCUT2D eigenvalue weighted by atomic mass is 9.96. The van der Waals surface area contributed by atoms with E-state index in [1.165, 1.54) is 19.1 Å². The Morgan fingerprint density at radius 1 is 1.25 bits per heavy atom. The molecule has 1 aromatic heterocycles. The van der Waals surface area contributed by atoms with Crippen LogP contribution in [0, 0.1) is 12.7 Å². The molecule has 3 aromatic rings. The van der Waals surface area contributed by atoms with E-state index in [1.54, 1.807) is 35.2 Å². The molecular weight excluding hydrogens is 357 g/mol. The smallest absolute Gasteiger partial charge is 0.255 e. The maximum absolute atomic E-state index is 13.2. The molecule has 0 saturated carbocycles. The van der Waals surface area contributed by atoms with Crippen molar-refractivity contribution in [2.75, 3.05) is 11.9 Å². The van der Waals surface area contributed by atoms with Crippen molar-refractivity contribution >= 4 is 28.4 Å². The second-order valence-electron chi connectivity index (χ2n) is 7.09. The monoisotopic (exact) mass is 377 g/mol. The Kier molecular flexibility index (Phi) is 4.34. The van der Waals surface area contributed by atoms with Gasteiger partial charge in [0.25, 0.3) is 5.91 Å². The minimum Gasteiger partial charge on any atom is -0.330 e. The van der Waals surface area contributed by atoms with Crippen LogP contribution >= 0.6 is 0 Å². The van der Waals surface area contributed by atoms with E-state index in [0.29, 0.717) is 18.7 Å². The molecule has 0 fully saturated rings. The van der Waals surface area contributed by atoms with Crippen LogP contribution in [-0.2, 0) is 17.9 Å². The molecule has 0 spiro atoms. The number of amides is 2. The van der Waals surface area contributed by atoms with Crippen LogP contribution in [-0.4, -0.2) is 28.7 Å². The number of anilines is 1. The summed E-state index contributed by atoms with van der Waals surface area (Å²) < 4.78 is 13.2. The number of aryl methyl sites for hydroxylation is 1. The number of hydrogen-bond donors (Lipinski definition) is 0. The first kappa shape index (κ1) is 18.1. The third-order valence-corrected chi connectivity index (χ3v) is 5.33. The fourth-order valence-electron chi connectivity index (χ4n) is 3.86. The number of carbonyl (C=O) groups excluding carboxylic acids is 2. The number of benzene rings is 2. The van der Waals surface area contributed by atoms with Crippen LogP contribution in [0.5, 0.6) is 0 Å². The standard InChI is InChI=1S/C22H20FN3O2/c1-13-19-18(12-26(22(19)28)11-15-6-8-16(23)9-7-15)21(25(3)14(2)27)17-5-4-10-24-20(13)17/h4-10H,11-12H2,1-3H3. The quantitative estimate of drug-likeness (QED) is 0.697. The lowest BCUT2D eigenvalue weighted by molar-refractivity contribution is -0.116. The summed E-state index contributed by atoms with van der Waals surface area (Å²) in [6, 6.07) is 9.90. The topological polar surface area (TPSA) is 53.5 Å². The molecule has 2 heterocycles. The van der Waals surface area contributed by atoms with E-state index in [1.807, 2.05) is 19.1 Å². The average molecular weight is 377 g/mol. The van der Waals surface area contributed by atoms with E-state index in [4.69, 9.17) is 0 Å². The van der Waals surface area contributed by atoms with Crippen molar-refractivity contribution in [1.82, 2.24) is 9.88 Å². The van der Waals surface area contributed by atoms with E-state index < -0.39 is 0 Å². The average Bonchev–Trinajstić information content (AvgIpc) is 3.00. The number of halogens is 1. The largest absolute Gasteiger partial charge is 0.330 e. The molecule has 0 atom stereocenters. The molecule has 5 nitrogen and oxygen atoms in total. The van der Waals surface area contributed by atoms with Gasteiger partial charge in [-0.25, -0.2) is 4.39 Å². The molecule has 28 heavy (non-hydrogen) atoms. The van der Waals surface area contributed by atoms with Crippen molar-refractivity contribution in [3.63, 3.8) is 0 Å². The Hall–Kier alpha value is -3.28. The zero-order chi connectivity index (χ0) is 20.0. The molecule has 1 aliphatic rings. The summed E-state index contributed by atoms with van der Waals surface area (Å²) in [5.41, 5.74) is 4.56. The highest BCUT2D eigenvalue weighted by Gasteiger charge is 2.34. The lowest BCUT2D eigenvalue weighted by Crippen LogP contribution is -2.25. The van der Waals surface area contributed by atoms with Gasteiger partial charge in [0, 0.05) is 44.2 Å². The van der Waals surface area contributed by atoms with Crippen LogP contribution in [0.4, 0.5) is 10.1 Å². The van der Waals surface area contributed by atoms with Gasteiger partial charge in [-0.1, -0.05) is 12.1 Å². The van der Waals surface area contributed by atoms with Gasteiger partial charge in [0.2, 0.25) is 5.91 Å². The number of rotatable bonds is 3. The molecule has 0 N–H and O–H groups in total. The van der Waals surface area contributed by atoms with Crippen LogP contribution in [0.25, 0.3) is 10.9 Å². The van der Waals surface area contributed by atoms with Gasteiger partial charge in [-0.05, 0) is 42.3 Å². The molecule has 0 saturated heterocycles. The van der Waals surface area contributed by atoms with Gasteiger partial charge in [-0.3, -0.25) is 14.6 Å². The second kappa shape index (κ2) is 6.71. The Morgan fingerprint density at radius 2 is 1.96 bits per heavy atom. The normalized spacial score (nSPS) is 13.1. The second-order valence-corrected chi connectivity index (χ2v) is 7.09. The highest BCUT2D eigenvalue weighted by molar-refractivity contribution is 6.12. The molecule has 0 aliphatic carbocycles. The van der Waals surface area contributed by atoms with E-state index in [2.05, 4.69) is 4.98 Å². The molecule has 0 radical (unpaired) electrons. The number of pyridine rings is 1. The maximum Gasteiger partial charge on any atom is 0.255 e. The number of fused-ring (bicyclic) bond motifs is 2. The summed E-state index contributed by atoms with van der Waals surface area (Å²) in [4.78, 5) is 33.1. The van der Waals surface area contributed by atoms with Crippen molar-refractivity contribution < 1.29 is 14.0 Å². The van der Waals surface area contributed by atoms with Crippen LogP contribution < -0.4 is 4.90 Å². The summed E-state index contributed by atoms with van der Waals surface area (Å²) in [6.45, 7) is 4.16. The number of nitrogens with zero attached hydrogens (tertiary/aromatic N) is 3. The molecule has 1 aliphatic heterocycles. The molecule has 4 rings (SSSR count). The zero-order valence-electron chi connectivity index (χ0n) is 16.0. The van der Waals surface area contributed by atoms with Crippen molar-refractivity contribution in [2.24, 2.45) is 0 Å². The maximum atomic E-state index is 13.2. The molecule has 142 valence electrons. The van der Waals surface area contributed by atoms with Gasteiger partial charge in [0.1, 0.15) is 5.82 Å². The first-order valence-corrected chi connectivity index (χ1v) is 9.06. The summed E-state index contributed by atoms with van der Waals surface area (Å²) in [5, 5.41) is 0.855. The van der Waals surface area contributed by atoms with Crippen molar-refractivity contribution in [3.05, 3.63) is 70.7 Å². The van der Waals surface area contributed by atoms with Gasteiger partial charge in [0.15, 0.2) is 0 Å². The van der Waals surface area contributed by atoms with Crippen molar-refractivity contribution in [3.8, 4) is 0 Å². The third kappa shape index (κ3) is 2.81. The molecule has 0 bridgehead atoms. The zero-order valence-corrected chi connectivity index (χ0v) is 16.0. The lowest BCUT2D eigenvalue weighted by Gasteiger charge is -2.22. The Labute approximate surface area is 162 Å². The molecular formula is C22H20FN3O2. The number of hydrogen-bond acceptors (Lipinski definition) is 3. The highest BCUT2D eigenvalue weighted by Crippen LogP contribution is 2.40. The molecule has 2 aromatic carbocycles. The fourth-order valence-corrected chi connectivity index (χ4v) is 3.86. The minimum atomic E-state index is -0.307. The predicted molar refractivity (Wildman–Crippen MR) is 106 cm³/mol. The van der Waals surface area contributed by atoms with Gasteiger partial charge in [-0.2, -0.15) is 0 Å². The van der Waals surface area contributed by atoms with E-state index in [-0.39, 0.29) is 17.6 Å². The summed E-state index contributed by atoms with van der Waals surface area (Å²) in [5.74, 6) is -0.512. The van der Waals surface area contributed by atoms with Crippen LogP contribution in [0.2, 0.25) is 0 Å². The Bertz CT molecular complexity index is 1110.